The van der Waals surface area contributed by atoms with Gasteiger partial charge in [0.1, 0.15) is 4.88 Å². The average Bonchev–Trinajstić information content (AvgIpc) is 2.81. The van der Waals surface area contributed by atoms with Gasteiger partial charge in [-0.05, 0) is 29.6 Å². The molecule has 1 N–H and O–H groups in total. The van der Waals surface area contributed by atoms with E-state index in [2.05, 4.69) is 25.1 Å². The van der Waals surface area contributed by atoms with Gasteiger partial charge in [0.25, 0.3) is 5.91 Å². The normalized spacial score (nSPS) is 10.7. The number of hydrogen-bond donors (Lipinski definition) is 1. The lowest BCUT2D eigenvalue weighted by molar-refractivity contribution is 0.102. The van der Waals surface area contributed by atoms with Crippen molar-refractivity contribution in [1.29, 1.82) is 0 Å². The van der Waals surface area contributed by atoms with Crippen LogP contribution in [-0.4, -0.2) is 25.7 Å². The van der Waals surface area contributed by atoms with Crippen LogP contribution in [0.2, 0.25) is 5.15 Å². The Balaban J connectivity index is 2.17. The second-order valence-electron chi connectivity index (χ2n) is 3.84. The molecule has 1 amide bonds. The molecule has 6 nitrogen and oxygen atoms in total. The summed E-state index contributed by atoms with van der Waals surface area (Å²) in [5.74, 6) is 0.193. The highest BCUT2D eigenvalue weighted by atomic mass is 35.5. The van der Waals surface area contributed by atoms with Crippen molar-refractivity contribution in [2.24, 2.45) is 0 Å². The van der Waals surface area contributed by atoms with Crippen molar-refractivity contribution in [3.05, 3.63) is 27.9 Å². The molecule has 0 fully saturated rings. The van der Waals surface area contributed by atoms with Gasteiger partial charge in [0, 0.05) is 0 Å². The van der Waals surface area contributed by atoms with Gasteiger partial charge in [-0.15, -0.1) is 15.3 Å². The minimum atomic E-state index is -0.287. The Morgan fingerprint density at radius 2 is 2.11 bits per heavy atom. The number of anilines is 1. The number of nitrogens with one attached hydrogen (secondary N) is 1. The first kappa shape index (κ1) is 12.8. The third-order valence-corrected chi connectivity index (χ3v) is 3.08. The molecular weight excluding hydrogens is 274 g/mol. The molecule has 0 saturated carbocycles. The number of rotatable bonds is 3. The van der Waals surface area contributed by atoms with Crippen LogP contribution in [0.4, 0.5) is 5.82 Å². The number of amides is 1. The van der Waals surface area contributed by atoms with E-state index in [0.717, 1.165) is 11.5 Å². The number of nitrogens with zero attached hydrogens (tertiary/aromatic N) is 4. The molecule has 2 aromatic rings. The molecule has 0 spiro atoms. The smallest absolute Gasteiger partial charge is 0.270 e. The van der Waals surface area contributed by atoms with E-state index in [1.54, 1.807) is 12.1 Å². The summed E-state index contributed by atoms with van der Waals surface area (Å²) in [7, 11) is 0. The number of aromatic nitrogens is 4. The lowest BCUT2D eigenvalue weighted by Gasteiger charge is -2.04. The number of halogens is 1. The second kappa shape index (κ2) is 5.36. The van der Waals surface area contributed by atoms with Crippen molar-refractivity contribution < 1.29 is 4.79 Å². The molecule has 94 valence electrons. The Bertz CT molecular complexity index is 554. The lowest BCUT2D eigenvalue weighted by Crippen LogP contribution is -2.14. The molecule has 0 aliphatic heterocycles. The van der Waals surface area contributed by atoms with E-state index in [9.17, 15) is 4.79 Å². The van der Waals surface area contributed by atoms with Crippen molar-refractivity contribution in [3.63, 3.8) is 0 Å². The number of carbonyl (C=O) groups excluding carboxylic acids is 1. The zero-order valence-corrected chi connectivity index (χ0v) is 11.3. The van der Waals surface area contributed by atoms with Crippen LogP contribution in [-0.2, 0) is 0 Å². The van der Waals surface area contributed by atoms with Crippen molar-refractivity contribution in [2.45, 2.75) is 19.8 Å². The molecule has 0 aliphatic rings. The minimum absolute atomic E-state index is 0.140. The molecule has 0 radical (unpaired) electrons. The summed E-state index contributed by atoms with van der Waals surface area (Å²) in [6.45, 7) is 3.91. The highest BCUT2D eigenvalue weighted by molar-refractivity contribution is 7.08. The molecule has 8 heteroatoms. The Morgan fingerprint density at radius 3 is 2.72 bits per heavy atom. The standard InChI is InChI=1S/C10H10ClN5OS/c1-5(2)8-9(18-16-15-8)10(17)12-7-4-3-6(11)13-14-7/h3-5H,1-2H3,(H,12,14,17). The van der Waals surface area contributed by atoms with Gasteiger partial charge >= 0.3 is 0 Å². The van der Waals surface area contributed by atoms with Crippen LogP contribution in [0.25, 0.3) is 0 Å². The summed E-state index contributed by atoms with van der Waals surface area (Å²) < 4.78 is 3.79. The molecule has 2 aromatic heterocycles. The Labute approximate surface area is 113 Å². The third kappa shape index (κ3) is 2.80. The summed E-state index contributed by atoms with van der Waals surface area (Å²) in [5, 5.41) is 14.2. The molecular formula is C10H10ClN5OS. The van der Waals surface area contributed by atoms with E-state index in [4.69, 9.17) is 11.6 Å². The molecule has 0 atom stereocenters. The van der Waals surface area contributed by atoms with Gasteiger partial charge in [-0.1, -0.05) is 29.9 Å². The maximum absolute atomic E-state index is 12.0. The largest absolute Gasteiger partial charge is 0.304 e. The lowest BCUT2D eigenvalue weighted by atomic mass is 10.1. The second-order valence-corrected chi connectivity index (χ2v) is 4.98. The fourth-order valence-electron chi connectivity index (χ4n) is 1.29. The van der Waals surface area contributed by atoms with Crippen LogP contribution in [0.15, 0.2) is 12.1 Å². The molecule has 0 aliphatic carbocycles. The van der Waals surface area contributed by atoms with Crippen LogP contribution >= 0.6 is 23.1 Å². The fourth-order valence-corrected chi connectivity index (χ4v) is 2.10. The van der Waals surface area contributed by atoms with E-state index >= 15 is 0 Å². The first-order chi connectivity index (χ1) is 8.58. The zero-order valence-electron chi connectivity index (χ0n) is 9.72. The van der Waals surface area contributed by atoms with Crippen molar-refractivity contribution >= 4 is 34.9 Å². The van der Waals surface area contributed by atoms with Crippen molar-refractivity contribution in [3.8, 4) is 0 Å². The van der Waals surface area contributed by atoms with E-state index < -0.39 is 0 Å². The van der Waals surface area contributed by atoms with Crippen LogP contribution in [0.5, 0.6) is 0 Å². The average molecular weight is 284 g/mol. The summed E-state index contributed by atoms with van der Waals surface area (Å²) in [6, 6.07) is 3.13. The van der Waals surface area contributed by atoms with Gasteiger partial charge in [0.2, 0.25) is 0 Å². The Kier molecular flexibility index (Phi) is 3.83. The van der Waals surface area contributed by atoms with Gasteiger partial charge in [-0.3, -0.25) is 4.79 Å². The molecule has 0 aromatic carbocycles. The van der Waals surface area contributed by atoms with Crippen LogP contribution < -0.4 is 5.32 Å². The number of hydrogen-bond acceptors (Lipinski definition) is 6. The Morgan fingerprint density at radius 1 is 1.33 bits per heavy atom. The Hall–Kier alpha value is -1.60. The molecule has 0 bridgehead atoms. The molecule has 0 saturated heterocycles. The SMILES string of the molecule is CC(C)c1nnsc1C(=O)Nc1ccc(Cl)nn1. The summed E-state index contributed by atoms with van der Waals surface area (Å²) in [5.41, 5.74) is 0.680. The fraction of sp³-hybridized carbons (Fsp3) is 0.300. The predicted molar refractivity (Wildman–Crippen MR) is 69.0 cm³/mol. The quantitative estimate of drug-likeness (QED) is 0.935. The monoisotopic (exact) mass is 283 g/mol. The van der Waals surface area contributed by atoms with Crippen molar-refractivity contribution in [1.82, 2.24) is 19.8 Å². The molecule has 2 heterocycles. The zero-order chi connectivity index (χ0) is 13.1. The van der Waals surface area contributed by atoms with E-state index in [-0.39, 0.29) is 17.0 Å². The first-order valence-electron chi connectivity index (χ1n) is 5.20. The highest BCUT2D eigenvalue weighted by Gasteiger charge is 2.19. The van der Waals surface area contributed by atoms with Crippen molar-refractivity contribution in [2.75, 3.05) is 5.32 Å². The van der Waals surface area contributed by atoms with Gasteiger partial charge in [-0.25, -0.2) is 0 Å². The summed E-state index contributed by atoms with van der Waals surface area (Å²) >= 11 is 6.67. The summed E-state index contributed by atoms with van der Waals surface area (Å²) in [6.07, 6.45) is 0. The van der Waals surface area contributed by atoms with Gasteiger partial charge < -0.3 is 5.32 Å². The molecule has 0 unspecified atom stereocenters. The maximum Gasteiger partial charge on any atom is 0.270 e. The van der Waals surface area contributed by atoms with Gasteiger partial charge in [-0.2, -0.15) is 0 Å². The van der Waals surface area contributed by atoms with E-state index in [1.807, 2.05) is 13.8 Å². The van der Waals surface area contributed by atoms with Gasteiger partial charge in [0.15, 0.2) is 11.0 Å². The van der Waals surface area contributed by atoms with Crippen LogP contribution in [0.1, 0.15) is 35.1 Å². The highest BCUT2D eigenvalue weighted by Crippen LogP contribution is 2.20. The first-order valence-corrected chi connectivity index (χ1v) is 6.36. The van der Waals surface area contributed by atoms with Gasteiger partial charge in [0.05, 0.1) is 5.69 Å². The predicted octanol–water partition coefficient (Wildman–Crippen LogP) is 2.36. The minimum Gasteiger partial charge on any atom is -0.304 e. The number of carbonyl (C=O) groups is 1. The molecule has 2 rings (SSSR count). The van der Waals surface area contributed by atoms with Crippen LogP contribution in [0, 0.1) is 0 Å². The maximum atomic E-state index is 12.0. The van der Waals surface area contributed by atoms with E-state index in [0.29, 0.717) is 16.4 Å². The van der Waals surface area contributed by atoms with Crippen LogP contribution in [0.3, 0.4) is 0 Å². The topological polar surface area (TPSA) is 80.7 Å². The third-order valence-electron chi connectivity index (χ3n) is 2.14. The summed E-state index contributed by atoms with van der Waals surface area (Å²) in [4.78, 5) is 12.5. The molecule has 18 heavy (non-hydrogen) atoms. The van der Waals surface area contributed by atoms with E-state index in [1.165, 1.54) is 0 Å².